The number of sulfone groups is 1. The zero-order chi connectivity index (χ0) is 15.6. The zero-order valence-corrected chi connectivity index (χ0v) is 14.3. The van der Waals surface area contributed by atoms with Gasteiger partial charge >= 0.3 is 0 Å². The molecule has 2 heterocycles. The molecule has 2 unspecified atom stereocenters. The standard InChI is InChI=1S/C15H27N3O2S/c1-5-13-15(11(4)16-7-3)14(6-2)18(17-13)12-8-9-21(19,20)10-12/h11-12,16H,5-10H2,1-4H3. The number of hydrogen-bond donors (Lipinski definition) is 1. The van der Waals surface area contributed by atoms with Crippen LogP contribution >= 0.6 is 0 Å². The van der Waals surface area contributed by atoms with Gasteiger partial charge in [0.05, 0.1) is 23.2 Å². The number of hydrogen-bond acceptors (Lipinski definition) is 4. The average Bonchev–Trinajstić information content (AvgIpc) is 2.98. The van der Waals surface area contributed by atoms with Crippen LogP contribution in [-0.4, -0.2) is 36.2 Å². The normalized spacial score (nSPS) is 22.6. The molecule has 120 valence electrons. The molecule has 6 heteroatoms. The fourth-order valence-corrected chi connectivity index (χ4v) is 5.02. The molecule has 0 saturated carbocycles. The van der Waals surface area contributed by atoms with Gasteiger partial charge in [-0.1, -0.05) is 20.8 Å². The van der Waals surface area contributed by atoms with Crippen molar-refractivity contribution in [1.82, 2.24) is 15.1 Å². The summed E-state index contributed by atoms with van der Waals surface area (Å²) in [6, 6.07) is 0.268. The van der Waals surface area contributed by atoms with E-state index in [1.54, 1.807) is 0 Å². The third-order valence-electron chi connectivity index (χ3n) is 4.29. The number of rotatable bonds is 6. The summed E-state index contributed by atoms with van der Waals surface area (Å²) < 4.78 is 25.5. The van der Waals surface area contributed by atoms with E-state index in [-0.39, 0.29) is 17.8 Å². The van der Waals surface area contributed by atoms with Gasteiger partial charge in [-0.2, -0.15) is 5.10 Å². The highest BCUT2D eigenvalue weighted by molar-refractivity contribution is 7.91. The number of aryl methyl sites for hydroxylation is 1. The van der Waals surface area contributed by atoms with E-state index >= 15 is 0 Å². The third kappa shape index (κ3) is 3.31. The summed E-state index contributed by atoms with van der Waals surface area (Å²) in [4.78, 5) is 0. The van der Waals surface area contributed by atoms with Crippen LogP contribution in [0.15, 0.2) is 0 Å². The van der Waals surface area contributed by atoms with E-state index in [0.717, 1.165) is 25.1 Å². The fourth-order valence-electron chi connectivity index (χ4n) is 3.33. The lowest BCUT2D eigenvalue weighted by atomic mass is 10.0. The molecule has 0 bridgehead atoms. The first-order chi connectivity index (χ1) is 9.93. The number of nitrogens with zero attached hydrogens (tertiary/aromatic N) is 2. The lowest BCUT2D eigenvalue weighted by molar-refractivity contribution is 0.476. The van der Waals surface area contributed by atoms with Gasteiger partial charge in [0.1, 0.15) is 0 Å². The quantitative estimate of drug-likeness (QED) is 0.873. The van der Waals surface area contributed by atoms with Crippen LogP contribution in [0.3, 0.4) is 0 Å². The Labute approximate surface area is 128 Å². The summed E-state index contributed by atoms with van der Waals surface area (Å²) in [5, 5.41) is 8.22. The minimum absolute atomic E-state index is 0.0119. The van der Waals surface area contributed by atoms with Gasteiger partial charge in [-0.05, 0) is 32.7 Å². The number of aromatic nitrogens is 2. The maximum atomic E-state index is 11.8. The lowest BCUT2D eigenvalue weighted by Gasteiger charge is -2.17. The van der Waals surface area contributed by atoms with Crippen LogP contribution in [0.25, 0.3) is 0 Å². The molecule has 0 aliphatic carbocycles. The SMILES string of the molecule is CCNC(C)c1c(CC)nn(C2CCS(=O)(=O)C2)c1CC. The molecule has 2 atom stereocenters. The minimum Gasteiger partial charge on any atom is -0.310 e. The molecule has 0 radical (unpaired) electrons. The molecule has 1 fully saturated rings. The van der Waals surface area contributed by atoms with E-state index in [4.69, 9.17) is 5.10 Å². The molecular formula is C15H27N3O2S. The molecule has 1 aliphatic rings. The maximum Gasteiger partial charge on any atom is 0.152 e. The first-order valence-electron chi connectivity index (χ1n) is 7.97. The molecule has 21 heavy (non-hydrogen) atoms. The van der Waals surface area contributed by atoms with Gasteiger partial charge in [0.15, 0.2) is 9.84 Å². The van der Waals surface area contributed by atoms with E-state index in [9.17, 15) is 8.42 Å². The smallest absolute Gasteiger partial charge is 0.152 e. The first kappa shape index (κ1) is 16.5. The second-order valence-electron chi connectivity index (χ2n) is 5.79. The summed E-state index contributed by atoms with van der Waals surface area (Å²) in [5.74, 6) is 0.528. The van der Waals surface area contributed by atoms with Crippen molar-refractivity contribution in [2.75, 3.05) is 18.1 Å². The third-order valence-corrected chi connectivity index (χ3v) is 6.04. The van der Waals surface area contributed by atoms with Crippen molar-refractivity contribution >= 4 is 9.84 Å². The Bertz CT molecular complexity index is 592. The van der Waals surface area contributed by atoms with Gasteiger partial charge in [0, 0.05) is 17.3 Å². The van der Waals surface area contributed by atoms with Crippen molar-refractivity contribution in [3.63, 3.8) is 0 Å². The van der Waals surface area contributed by atoms with Gasteiger partial charge in [-0.3, -0.25) is 4.68 Å². The van der Waals surface area contributed by atoms with E-state index in [1.807, 2.05) is 4.68 Å². The Balaban J connectivity index is 2.43. The summed E-state index contributed by atoms with van der Waals surface area (Å²) >= 11 is 0. The molecule has 1 N–H and O–H groups in total. The molecule has 1 aliphatic heterocycles. The molecule has 0 amide bonds. The summed E-state index contributed by atoms with van der Waals surface area (Å²) in [7, 11) is -2.89. The highest BCUT2D eigenvalue weighted by atomic mass is 32.2. The molecule has 5 nitrogen and oxygen atoms in total. The van der Waals surface area contributed by atoms with Crippen LogP contribution in [0, 0.1) is 0 Å². The largest absolute Gasteiger partial charge is 0.310 e. The van der Waals surface area contributed by atoms with Crippen LogP contribution < -0.4 is 5.32 Å². The molecular weight excluding hydrogens is 286 g/mol. The van der Waals surface area contributed by atoms with Crippen LogP contribution in [-0.2, 0) is 22.7 Å². The Hall–Kier alpha value is -0.880. The van der Waals surface area contributed by atoms with Gasteiger partial charge in [-0.25, -0.2) is 8.42 Å². The summed E-state index contributed by atoms with van der Waals surface area (Å²) in [6.45, 7) is 9.41. The number of nitrogens with one attached hydrogen (secondary N) is 1. The van der Waals surface area contributed by atoms with Crippen molar-refractivity contribution in [2.24, 2.45) is 0 Å². The van der Waals surface area contributed by atoms with Crippen molar-refractivity contribution in [3.05, 3.63) is 17.0 Å². The molecule has 0 aromatic carbocycles. The molecule has 1 aromatic heterocycles. The highest BCUT2D eigenvalue weighted by Crippen LogP contribution is 2.30. The minimum atomic E-state index is -2.89. The van der Waals surface area contributed by atoms with E-state index in [2.05, 4.69) is 33.0 Å². The van der Waals surface area contributed by atoms with Crippen molar-refractivity contribution in [1.29, 1.82) is 0 Å². The molecule has 0 spiro atoms. The van der Waals surface area contributed by atoms with E-state index in [0.29, 0.717) is 12.2 Å². The maximum absolute atomic E-state index is 11.8. The first-order valence-corrected chi connectivity index (χ1v) is 9.79. The van der Waals surface area contributed by atoms with Gasteiger partial charge in [0.2, 0.25) is 0 Å². The summed E-state index contributed by atoms with van der Waals surface area (Å²) in [6.07, 6.45) is 2.45. The molecule has 2 rings (SSSR count). The Morgan fingerprint density at radius 1 is 1.33 bits per heavy atom. The van der Waals surface area contributed by atoms with Crippen molar-refractivity contribution in [2.45, 2.75) is 59.0 Å². The van der Waals surface area contributed by atoms with Crippen molar-refractivity contribution in [3.8, 4) is 0 Å². The molecule has 1 saturated heterocycles. The van der Waals surface area contributed by atoms with E-state index in [1.165, 1.54) is 11.3 Å². The highest BCUT2D eigenvalue weighted by Gasteiger charge is 2.32. The fraction of sp³-hybridized carbons (Fsp3) is 0.800. The second-order valence-corrected chi connectivity index (χ2v) is 8.02. The Kier molecular flexibility index (Phi) is 5.09. The van der Waals surface area contributed by atoms with Crippen molar-refractivity contribution < 1.29 is 8.42 Å². The second kappa shape index (κ2) is 6.48. The predicted molar refractivity (Wildman–Crippen MR) is 85.4 cm³/mol. The predicted octanol–water partition coefficient (Wildman–Crippen LogP) is 2.04. The van der Waals surface area contributed by atoms with Crippen LogP contribution in [0.2, 0.25) is 0 Å². The van der Waals surface area contributed by atoms with Gasteiger partial charge in [-0.15, -0.1) is 0 Å². The summed E-state index contributed by atoms with van der Waals surface area (Å²) in [5.41, 5.74) is 3.57. The Morgan fingerprint density at radius 3 is 2.52 bits per heavy atom. The molecule has 1 aromatic rings. The van der Waals surface area contributed by atoms with E-state index < -0.39 is 9.84 Å². The van der Waals surface area contributed by atoms with Gasteiger partial charge < -0.3 is 5.32 Å². The zero-order valence-electron chi connectivity index (χ0n) is 13.5. The topological polar surface area (TPSA) is 64.0 Å². The van der Waals surface area contributed by atoms with Crippen LogP contribution in [0.1, 0.15) is 63.2 Å². The Morgan fingerprint density at radius 2 is 2.05 bits per heavy atom. The van der Waals surface area contributed by atoms with Crippen LogP contribution in [0.4, 0.5) is 0 Å². The van der Waals surface area contributed by atoms with Gasteiger partial charge in [0.25, 0.3) is 0 Å². The monoisotopic (exact) mass is 313 g/mol. The lowest BCUT2D eigenvalue weighted by Crippen LogP contribution is -2.20. The van der Waals surface area contributed by atoms with Crippen LogP contribution in [0.5, 0.6) is 0 Å². The average molecular weight is 313 g/mol.